The third-order valence-corrected chi connectivity index (χ3v) is 11.2. The second-order valence-electron chi connectivity index (χ2n) is 18.0. The molecular formula is C47H46BN. The molecule has 2 aliphatic heterocycles. The van der Waals surface area contributed by atoms with Gasteiger partial charge in [0.25, 0.3) is 0 Å². The van der Waals surface area contributed by atoms with Crippen molar-refractivity contribution in [2.45, 2.75) is 79.6 Å². The molecule has 9 rings (SSSR count). The lowest BCUT2D eigenvalue weighted by Crippen LogP contribution is -2.54. The molecule has 0 fully saturated rings. The molecule has 0 N–H and O–H groups in total. The Morgan fingerprint density at radius 3 is 1.73 bits per heavy atom. The molecule has 0 aromatic heterocycles. The first kappa shape index (κ1) is 30.5. The number of benzene rings is 7. The summed E-state index contributed by atoms with van der Waals surface area (Å²) in [7, 11) is 0. The summed E-state index contributed by atoms with van der Waals surface area (Å²) in [6.07, 6.45) is 1.04. The van der Waals surface area contributed by atoms with Crippen molar-refractivity contribution in [3.05, 3.63) is 120 Å². The van der Waals surface area contributed by atoms with Gasteiger partial charge in [0.05, 0.1) is 5.69 Å². The number of hydrogen-bond acceptors (Lipinski definition) is 1. The van der Waals surface area contributed by atoms with Crippen LogP contribution in [0.2, 0.25) is 0 Å². The monoisotopic (exact) mass is 635 g/mol. The van der Waals surface area contributed by atoms with E-state index in [4.69, 9.17) is 0 Å². The molecule has 2 heterocycles. The van der Waals surface area contributed by atoms with Gasteiger partial charge in [-0.25, -0.2) is 0 Å². The Hall–Kier alpha value is -4.56. The average Bonchev–Trinajstić information content (AvgIpc) is 3.38. The minimum Gasteiger partial charge on any atom is -0.311 e. The van der Waals surface area contributed by atoms with Gasteiger partial charge in [-0.3, -0.25) is 0 Å². The van der Waals surface area contributed by atoms with Crippen molar-refractivity contribution >= 4 is 72.5 Å². The highest BCUT2D eigenvalue weighted by molar-refractivity contribution is 7.01. The van der Waals surface area contributed by atoms with E-state index < -0.39 is 0 Å². The average molecular weight is 636 g/mol. The Kier molecular flexibility index (Phi) is 6.23. The van der Waals surface area contributed by atoms with E-state index in [9.17, 15) is 0 Å². The molecule has 0 bridgehead atoms. The van der Waals surface area contributed by atoms with E-state index in [1.54, 1.807) is 0 Å². The van der Waals surface area contributed by atoms with Crippen molar-refractivity contribution in [2.75, 3.05) is 4.90 Å². The number of hydrogen-bond donors (Lipinski definition) is 0. The maximum absolute atomic E-state index is 2.61. The Morgan fingerprint density at radius 1 is 0.490 bits per heavy atom. The van der Waals surface area contributed by atoms with Crippen LogP contribution in [0.4, 0.5) is 17.1 Å². The number of fused-ring (bicyclic) bond motifs is 5. The molecular weight excluding hydrogens is 589 g/mol. The van der Waals surface area contributed by atoms with Crippen molar-refractivity contribution in [2.24, 2.45) is 5.41 Å². The maximum Gasteiger partial charge on any atom is 0.248 e. The van der Waals surface area contributed by atoms with E-state index in [0.29, 0.717) is 0 Å². The highest BCUT2D eigenvalue weighted by atomic mass is 15.2. The van der Waals surface area contributed by atoms with Crippen LogP contribution in [0, 0.1) is 5.41 Å². The SMILES string of the molecule is CC(C)(C)Cc1cc(C(C)(C)C)c2ccc3c(N4c5ccccc5B5c6ccccc6-c6cccc4c65)cc(C(C)(C)C)c4ccc1c2c34. The first-order valence-electron chi connectivity index (χ1n) is 18.1. The lowest BCUT2D eigenvalue weighted by molar-refractivity contribution is 0.412. The van der Waals surface area contributed by atoms with Crippen LogP contribution in [0.5, 0.6) is 0 Å². The van der Waals surface area contributed by atoms with E-state index in [1.165, 1.54) is 93.6 Å². The highest BCUT2D eigenvalue weighted by Gasteiger charge is 2.42. The van der Waals surface area contributed by atoms with Crippen molar-refractivity contribution in [3.8, 4) is 11.1 Å². The van der Waals surface area contributed by atoms with E-state index >= 15 is 0 Å². The molecule has 0 unspecified atom stereocenters. The van der Waals surface area contributed by atoms with Gasteiger partial charge in [-0.2, -0.15) is 0 Å². The van der Waals surface area contributed by atoms with Crippen LogP contribution in [0.3, 0.4) is 0 Å². The molecule has 7 aromatic carbocycles. The van der Waals surface area contributed by atoms with Gasteiger partial charge in [-0.15, -0.1) is 0 Å². The molecule has 0 aliphatic carbocycles. The number of para-hydroxylation sites is 1. The Balaban J connectivity index is 1.44. The number of nitrogens with zero attached hydrogens (tertiary/aromatic N) is 1. The molecule has 0 atom stereocenters. The quantitative estimate of drug-likeness (QED) is 0.135. The zero-order chi connectivity index (χ0) is 34.2. The zero-order valence-corrected chi connectivity index (χ0v) is 30.5. The topological polar surface area (TPSA) is 3.24 Å². The summed E-state index contributed by atoms with van der Waals surface area (Å²) < 4.78 is 0. The third-order valence-electron chi connectivity index (χ3n) is 11.2. The normalized spacial score (nSPS) is 14.2. The highest BCUT2D eigenvalue weighted by Crippen LogP contribution is 2.50. The van der Waals surface area contributed by atoms with Gasteiger partial charge >= 0.3 is 0 Å². The second-order valence-corrected chi connectivity index (χ2v) is 18.0. The molecule has 2 aliphatic rings. The summed E-state index contributed by atoms with van der Waals surface area (Å²) in [4.78, 5) is 2.61. The van der Waals surface area contributed by atoms with Gasteiger partial charge in [0.1, 0.15) is 0 Å². The maximum atomic E-state index is 2.61. The zero-order valence-electron chi connectivity index (χ0n) is 30.5. The van der Waals surface area contributed by atoms with Gasteiger partial charge in [0.2, 0.25) is 6.71 Å². The van der Waals surface area contributed by atoms with Gasteiger partial charge < -0.3 is 4.90 Å². The molecule has 1 nitrogen and oxygen atoms in total. The second kappa shape index (κ2) is 10.0. The minimum absolute atomic E-state index is 0.0189. The Labute approximate surface area is 292 Å². The first-order valence-corrected chi connectivity index (χ1v) is 18.1. The Bertz CT molecular complexity index is 2480. The summed E-state index contributed by atoms with van der Waals surface area (Å²) in [5.74, 6) is 0. The molecule has 0 saturated carbocycles. The van der Waals surface area contributed by atoms with E-state index in [-0.39, 0.29) is 23.0 Å². The number of anilines is 3. The third kappa shape index (κ3) is 4.39. The fourth-order valence-corrected chi connectivity index (χ4v) is 9.27. The number of rotatable bonds is 2. The molecule has 2 heteroatoms. The summed E-state index contributed by atoms with van der Waals surface area (Å²) >= 11 is 0. The standard InChI is InChI=1S/C47H46BN/c1-45(2,3)27-28-25-35(46(4,5)6)32-23-24-34-41(26-36(47(7,8)9)33-22-21-29(28)42(32)43(33)34)49-39-19-13-12-18-38(39)48-37-17-11-10-15-30(37)31-16-14-20-40(49)44(31)48/h10-26H,27H2,1-9H3. The van der Waals surface area contributed by atoms with Crippen LogP contribution in [-0.2, 0) is 17.3 Å². The van der Waals surface area contributed by atoms with Gasteiger partial charge in [0, 0.05) is 16.8 Å². The molecule has 0 saturated heterocycles. The van der Waals surface area contributed by atoms with Crippen molar-refractivity contribution in [3.63, 3.8) is 0 Å². The van der Waals surface area contributed by atoms with Crippen LogP contribution in [0.1, 0.15) is 79.0 Å². The van der Waals surface area contributed by atoms with E-state index in [2.05, 4.69) is 170 Å². The summed E-state index contributed by atoms with van der Waals surface area (Å²) in [6.45, 7) is 21.6. The largest absolute Gasteiger partial charge is 0.311 e. The van der Waals surface area contributed by atoms with Crippen LogP contribution in [0.25, 0.3) is 43.4 Å². The molecule has 49 heavy (non-hydrogen) atoms. The smallest absolute Gasteiger partial charge is 0.248 e. The molecule has 7 aromatic rings. The van der Waals surface area contributed by atoms with Crippen LogP contribution >= 0.6 is 0 Å². The van der Waals surface area contributed by atoms with Crippen molar-refractivity contribution in [1.29, 1.82) is 0 Å². The van der Waals surface area contributed by atoms with Crippen LogP contribution in [0.15, 0.2) is 103 Å². The van der Waals surface area contributed by atoms with Gasteiger partial charge in [0.15, 0.2) is 0 Å². The lowest BCUT2D eigenvalue weighted by Gasteiger charge is -2.38. The predicted molar refractivity (Wildman–Crippen MR) is 215 cm³/mol. The van der Waals surface area contributed by atoms with Crippen LogP contribution in [-0.4, -0.2) is 6.71 Å². The predicted octanol–water partition coefficient (Wildman–Crippen LogP) is 11.0. The summed E-state index contributed by atoms with van der Waals surface area (Å²) in [5, 5.41) is 8.35. The van der Waals surface area contributed by atoms with E-state index in [1.807, 2.05) is 0 Å². The Morgan fingerprint density at radius 2 is 1.04 bits per heavy atom. The molecule has 0 amide bonds. The minimum atomic E-state index is -0.0507. The molecule has 242 valence electrons. The molecule has 0 spiro atoms. The van der Waals surface area contributed by atoms with Crippen LogP contribution < -0.4 is 21.3 Å². The summed E-state index contributed by atoms with van der Waals surface area (Å²) in [6, 6.07) is 40.0. The first-order chi connectivity index (χ1) is 23.2. The molecule has 0 radical (unpaired) electrons. The fraction of sp³-hybridized carbons (Fsp3) is 0.277. The van der Waals surface area contributed by atoms with Gasteiger partial charge in [-0.05, 0) is 107 Å². The van der Waals surface area contributed by atoms with Crippen molar-refractivity contribution < 1.29 is 0 Å². The van der Waals surface area contributed by atoms with E-state index in [0.717, 1.165) is 6.42 Å². The van der Waals surface area contributed by atoms with Crippen molar-refractivity contribution in [1.82, 2.24) is 0 Å². The van der Waals surface area contributed by atoms with Gasteiger partial charge in [-0.1, -0.05) is 153 Å². The fourth-order valence-electron chi connectivity index (χ4n) is 9.27. The lowest BCUT2D eigenvalue weighted by atomic mass is 9.37. The summed E-state index contributed by atoms with van der Waals surface area (Å²) in [5.41, 5.74) is 15.3.